The number of nitrogens with one attached hydrogen (secondary N) is 2. The van der Waals surface area contributed by atoms with E-state index >= 15 is 0 Å². The Kier molecular flexibility index (Phi) is 4.67. The second-order valence-electron chi connectivity index (χ2n) is 5.51. The minimum Gasteiger partial charge on any atom is -0.377 e. The van der Waals surface area contributed by atoms with Gasteiger partial charge < -0.3 is 10.2 Å². The van der Waals surface area contributed by atoms with E-state index in [1.54, 1.807) is 12.1 Å². The Morgan fingerprint density at radius 2 is 2.10 bits per heavy atom. The molecule has 0 saturated carbocycles. The molecule has 0 aliphatic carbocycles. The van der Waals surface area contributed by atoms with E-state index in [1.807, 2.05) is 32.0 Å². The van der Waals surface area contributed by atoms with Gasteiger partial charge in [-0.2, -0.15) is 0 Å². The third-order valence-electron chi connectivity index (χ3n) is 3.59. The molecule has 112 valence electrons. The van der Waals surface area contributed by atoms with E-state index in [1.165, 1.54) is 0 Å². The molecule has 1 atom stereocenters. The molecule has 0 amide bonds. The molecule has 0 spiro atoms. The van der Waals surface area contributed by atoms with Crippen molar-refractivity contribution >= 4 is 15.7 Å². The topological polar surface area (TPSA) is 61.4 Å². The molecule has 1 unspecified atom stereocenters. The lowest BCUT2D eigenvalue weighted by atomic mass is 10.1. The molecule has 1 aromatic rings. The summed E-state index contributed by atoms with van der Waals surface area (Å²) in [5.74, 6) is 0. The van der Waals surface area contributed by atoms with Crippen LogP contribution < -0.4 is 14.9 Å². The fraction of sp³-hybridized carbons (Fsp3) is 0.571. The van der Waals surface area contributed by atoms with Gasteiger partial charge in [0.05, 0.1) is 4.90 Å². The second-order valence-corrected chi connectivity index (χ2v) is 7.22. The third-order valence-corrected chi connectivity index (χ3v) is 5.11. The van der Waals surface area contributed by atoms with Gasteiger partial charge in [0.2, 0.25) is 10.0 Å². The van der Waals surface area contributed by atoms with Crippen molar-refractivity contribution in [3.8, 4) is 0 Å². The SMILES string of the molecule is Cc1ccc(S(=O)(=O)NC2CCCNC2)cc1N(C)C. The lowest BCUT2D eigenvalue weighted by molar-refractivity contribution is 0.428. The molecule has 20 heavy (non-hydrogen) atoms. The van der Waals surface area contributed by atoms with Crippen molar-refractivity contribution in [1.82, 2.24) is 10.0 Å². The highest BCUT2D eigenvalue weighted by molar-refractivity contribution is 7.89. The quantitative estimate of drug-likeness (QED) is 0.873. The molecule has 2 rings (SSSR count). The van der Waals surface area contributed by atoms with Crippen LogP contribution in [0.2, 0.25) is 0 Å². The fourth-order valence-electron chi connectivity index (χ4n) is 2.48. The van der Waals surface area contributed by atoms with Crippen LogP contribution in [-0.2, 0) is 10.0 Å². The Hall–Kier alpha value is -1.11. The van der Waals surface area contributed by atoms with Crippen LogP contribution in [0.1, 0.15) is 18.4 Å². The average molecular weight is 297 g/mol. The van der Waals surface area contributed by atoms with Gasteiger partial charge in [-0.1, -0.05) is 6.07 Å². The van der Waals surface area contributed by atoms with E-state index in [-0.39, 0.29) is 6.04 Å². The van der Waals surface area contributed by atoms with E-state index in [4.69, 9.17) is 0 Å². The van der Waals surface area contributed by atoms with E-state index in [9.17, 15) is 8.42 Å². The van der Waals surface area contributed by atoms with Crippen molar-refractivity contribution in [2.75, 3.05) is 32.1 Å². The third kappa shape index (κ3) is 3.50. The molecule has 2 N–H and O–H groups in total. The largest absolute Gasteiger partial charge is 0.377 e. The van der Waals surface area contributed by atoms with Gasteiger partial charge in [-0.15, -0.1) is 0 Å². The fourth-order valence-corrected chi connectivity index (χ4v) is 3.77. The molecule has 1 aliphatic rings. The number of piperidine rings is 1. The predicted molar refractivity (Wildman–Crippen MR) is 81.7 cm³/mol. The second kappa shape index (κ2) is 6.11. The normalized spacial score (nSPS) is 19.9. The molecule has 1 fully saturated rings. The van der Waals surface area contributed by atoms with Gasteiger partial charge in [-0.05, 0) is 44.0 Å². The number of rotatable bonds is 4. The van der Waals surface area contributed by atoms with Crippen LogP contribution in [0.25, 0.3) is 0 Å². The summed E-state index contributed by atoms with van der Waals surface area (Å²) in [5, 5.41) is 3.21. The van der Waals surface area contributed by atoms with Crippen molar-refractivity contribution < 1.29 is 8.42 Å². The van der Waals surface area contributed by atoms with Crippen LogP contribution in [0.5, 0.6) is 0 Å². The summed E-state index contributed by atoms with van der Waals surface area (Å²) >= 11 is 0. The van der Waals surface area contributed by atoms with Gasteiger partial charge in [0.15, 0.2) is 0 Å². The minimum atomic E-state index is -3.45. The van der Waals surface area contributed by atoms with Gasteiger partial charge >= 0.3 is 0 Å². The summed E-state index contributed by atoms with van der Waals surface area (Å²) in [6.07, 6.45) is 1.89. The molecule has 6 heteroatoms. The monoisotopic (exact) mass is 297 g/mol. The molecule has 1 aromatic carbocycles. The van der Waals surface area contributed by atoms with Gasteiger partial charge in [0.1, 0.15) is 0 Å². The molecule has 0 bridgehead atoms. The highest BCUT2D eigenvalue weighted by Gasteiger charge is 2.22. The number of sulfonamides is 1. The van der Waals surface area contributed by atoms with Crippen molar-refractivity contribution in [2.45, 2.75) is 30.7 Å². The van der Waals surface area contributed by atoms with Gasteiger partial charge in [0, 0.05) is 32.4 Å². The smallest absolute Gasteiger partial charge is 0.240 e. The number of aryl methyl sites for hydroxylation is 1. The van der Waals surface area contributed by atoms with Crippen LogP contribution in [-0.4, -0.2) is 41.6 Å². The molecular formula is C14H23N3O2S. The van der Waals surface area contributed by atoms with Crippen molar-refractivity contribution in [3.63, 3.8) is 0 Å². The zero-order chi connectivity index (χ0) is 14.8. The van der Waals surface area contributed by atoms with Crippen molar-refractivity contribution in [3.05, 3.63) is 23.8 Å². The van der Waals surface area contributed by atoms with Gasteiger partial charge in [-0.3, -0.25) is 0 Å². The maximum atomic E-state index is 12.4. The Balaban J connectivity index is 2.22. The van der Waals surface area contributed by atoms with Crippen LogP contribution in [0.3, 0.4) is 0 Å². The number of benzene rings is 1. The maximum Gasteiger partial charge on any atom is 0.240 e. The van der Waals surface area contributed by atoms with Crippen LogP contribution >= 0.6 is 0 Å². The first-order valence-corrected chi connectivity index (χ1v) is 8.39. The van der Waals surface area contributed by atoms with Crippen molar-refractivity contribution in [2.24, 2.45) is 0 Å². The number of nitrogens with zero attached hydrogens (tertiary/aromatic N) is 1. The summed E-state index contributed by atoms with van der Waals surface area (Å²) in [7, 11) is 0.378. The summed E-state index contributed by atoms with van der Waals surface area (Å²) in [6.45, 7) is 3.64. The van der Waals surface area contributed by atoms with E-state index in [2.05, 4.69) is 10.0 Å². The van der Waals surface area contributed by atoms with Crippen LogP contribution in [0.15, 0.2) is 23.1 Å². The standard InChI is InChI=1S/C14H23N3O2S/c1-11-6-7-13(9-14(11)17(2)3)20(18,19)16-12-5-4-8-15-10-12/h6-7,9,12,15-16H,4-5,8,10H2,1-3H3. The summed E-state index contributed by atoms with van der Waals surface area (Å²) in [5.41, 5.74) is 1.99. The zero-order valence-electron chi connectivity index (χ0n) is 12.3. The first-order chi connectivity index (χ1) is 9.40. The van der Waals surface area contributed by atoms with Gasteiger partial charge in [0.25, 0.3) is 0 Å². The Morgan fingerprint density at radius 3 is 2.70 bits per heavy atom. The average Bonchev–Trinajstić information content (AvgIpc) is 2.39. The minimum absolute atomic E-state index is 0.0159. The highest BCUT2D eigenvalue weighted by atomic mass is 32.2. The number of anilines is 1. The number of hydrogen-bond acceptors (Lipinski definition) is 4. The molecule has 1 aliphatic heterocycles. The molecule has 0 radical (unpaired) electrons. The van der Waals surface area contributed by atoms with E-state index in [0.717, 1.165) is 30.6 Å². The van der Waals surface area contributed by atoms with E-state index < -0.39 is 10.0 Å². The molecule has 5 nitrogen and oxygen atoms in total. The summed E-state index contributed by atoms with van der Waals surface area (Å²) in [4.78, 5) is 2.26. The Labute approximate surface area is 121 Å². The first kappa shape index (κ1) is 15.3. The highest BCUT2D eigenvalue weighted by Crippen LogP contribution is 2.22. The Bertz CT molecular complexity index is 564. The van der Waals surface area contributed by atoms with Crippen molar-refractivity contribution in [1.29, 1.82) is 0 Å². The van der Waals surface area contributed by atoms with Gasteiger partial charge in [-0.25, -0.2) is 13.1 Å². The summed E-state index contributed by atoms with van der Waals surface area (Å²) < 4.78 is 27.6. The van der Waals surface area contributed by atoms with Crippen LogP contribution in [0.4, 0.5) is 5.69 Å². The molecule has 1 saturated heterocycles. The molecule has 0 aromatic heterocycles. The Morgan fingerprint density at radius 1 is 1.35 bits per heavy atom. The van der Waals surface area contributed by atoms with Crippen LogP contribution in [0, 0.1) is 6.92 Å². The molecule has 1 heterocycles. The summed E-state index contributed by atoms with van der Waals surface area (Å²) in [6, 6.07) is 5.23. The lowest BCUT2D eigenvalue weighted by Crippen LogP contribution is -2.45. The zero-order valence-corrected chi connectivity index (χ0v) is 13.1. The lowest BCUT2D eigenvalue weighted by Gasteiger charge is -2.24. The molecular weight excluding hydrogens is 274 g/mol. The first-order valence-electron chi connectivity index (χ1n) is 6.91. The predicted octanol–water partition coefficient (Wildman–Crippen LogP) is 1.09. The number of hydrogen-bond donors (Lipinski definition) is 2. The maximum absolute atomic E-state index is 12.4. The van der Waals surface area contributed by atoms with E-state index in [0.29, 0.717) is 11.4 Å².